The number of carbonyl (C=O) groups is 4. The SMILES string of the molecule is O=C(CCNC12CC3CC(CC(C3)C1)C2)NCc1ccc2c3c(cccc13)C(=O)N2C1CCC(=O)NC1=O. The lowest BCUT2D eigenvalue weighted by Crippen LogP contribution is -2.58. The summed E-state index contributed by atoms with van der Waals surface area (Å²) in [5.41, 5.74) is 2.43. The number of benzene rings is 2. The summed E-state index contributed by atoms with van der Waals surface area (Å²) in [4.78, 5) is 51.8. The largest absolute Gasteiger partial charge is 0.352 e. The zero-order valence-corrected chi connectivity index (χ0v) is 21.6. The van der Waals surface area contributed by atoms with Gasteiger partial charge < -0.3 is 10.6 Å². The van der Waals surface area contributed by atoms with Crippen LogP contribution in [0.3, 0.4) is 0 Å². The van der Waals surface area contributed by atoms with Crippen LogP contribution in [0, 0.1) is 17.8 Å². The highest BCUT2D eigenvalue weighted by molar-refractivity contribution is 6.27. The molecular weight excluding hydrogens is 480 g/mol. The van der Waals surface area contributed by atoms with E-state index in [-0.39, 0.29) is 29.7 Å². The minimum atomic E-state index is -0.706. The van der Waals surface area contributed by atoms with Crippen LogP contribution in [0.1, 0.15) is 73.7 Å². The fourth-order valence-corrected chi connectivity index (χ4v) is 8.51. The fraction of sp³-hybridized carbons (Fsp3) is 0.533. The maximum Gasteiger partial charge on any atom is 0.259 e. The highest BCUT2D eigenvalue weighted by atomic mass is 16.2. The van der Waals surface area contributed by atoms with Gasteiger partial charge in [-0.2, -0.15) is 0 Å². The normalized spacial score (nSPS) is 31.3. The van der Waals surface area contributed by atoms with Gasteiger partial charge in [-0.3, -0.25) is 29.4 Å². The van der Waals surface area contributed by atoms with E-state index in [1.165, 1.54) is 43.4 Å². The predicted octanol–water partition coefficient (Wildman–Crippen LogP) is 3.17. The first kappa shape index (κ1) is 23.8. The minimum absolute atomic E-state index is 0.0201. The van der Waals surface area contributed by atoms with Gasteiger partial charge in [-0.05, 0) is 85.8 Å². The van der Waals surface area contributed by atoms with Crippen molar-refractivity contribution in [2.24, 2.45) is 17.8 Å². The number of carbonyl (C=O) groups excluding carboxylic acids is 4. The number of rotatable bonds is 7. The number of amides is 4. The lowest BCUT2D eigenvalue weighted by Gasteiger charge is -2.57. The molecular formula is C30H34N4O4. The van der Waals surface area contributed by atoms with Gasteiger partial charge in [-0.15, -0.1) is 0 Å². The molecule has 8 heteroatoms. The van der Waals surface area contributed by atoms with Crippen molar-refractivity contribution in [1.82, 2.24) is 16.0 Å². The molecule has 3 N–H and O–H groups in total. The molecule has 1 saturated heterocycles. The van der Waals surface area contributed by atoms with E-state index in [0.717, 1.165) is 34.1 Å². The Morgan fingerprint density at radius 2 is 1.74 bits per heavy atom. The van der Waals surface area contributed by atoms with Crippen LogP contribution < -0.4 is 20.9 Å². The molecule has 2 aliphatic heterocycles. The van der Waals surface area contributed by atoms with Crippen LogP contribution >= 0.6 is 0 Å². The second-order valence-corrected chi connectivity index (χ2v) is 12.3. The zero-order chi connectivity index (χ0) is 26.0. The van der Waals surface area contributed by atoms with Gasteiger partial charge in [0.15, 0.2) is 0 Å². The Labute approximate surface area is 221 Å². The average Bonchev–Trinajstić information content (AvgIpc) is 3.15. The van der Waals surface area contributed by atoms with E-state index in [9.17, 15) is 19.2 Å². The van der Waals surface area contributed by atoms with E-state index < -0.39 is 11.9 Å². The lowest BCUT2D eigenvalue weighted by molar-refractivity contribution is -0.134. The Bertz CT molecular complexity index is 1330. The third-order valence-corrected chi connectivity index (χ3v) is 9.71. The first-order valence-corrected chi connectivity index (χ1v) is 14.1. The van der Waals surface area contributed by atoms with Crippen molar-refractivity contribution in [3.05, 3.63) is 41.5 Å². The molecule has 4 aliphatic carbocycles. The molecule has 2 aromatic rings. The van der Waals surface area contributed by atoms with Crippen LogP contribution in [0.25, 0.3) is 10.8 Å². The third-order valence-electron chi connectivity index (χ3n) is 9.71. The van der Waals surface area contributed by atoms with Crippen molar-refractivity contribution in [1.29, 1.82) is 0 Å². The van der Waals surface area contributed by atoms with Crippen LogP contribution in [0.5, 0.6) is 0 Å². The van der Waals surface area contributed by atoms with Crippen LogP contribution in [0.4, 0.5) is 5.69 Å². The van der Waals surface area contributed by atoms with E-state index in [1.54, 1.807) is 6.07 Å². The Morgan fingerprint density at radius 1 is 1.00 bits per heavy atom. The molecule has 8 rings (SSSR count). The quantitative estimate of drug-likeness (QED) is 0.492. The van der Waals surface area contributed by atoms with E-state index >= 15 is 0 Å². The molecule has 0 aromatic heterocycles. The Morgan fingerprint density at radius 3 is 2.45 bits per heavy atom. The third kappa shape index (κ3) is 3.92. The maximum atomic E-state index is 13.3. The molecule has 198 valence electrons. The average molecular weight is 515 g/mol. The Hall–Kier alpha value is -3.26. The number of imide groups is 1. The van der Waals surface area contributed by atoms with Gasteiger partial charge in [0.05, 0.1) is 5.69 Å². The van der Waals surface area contributed by atoms with Crippen molar-refractivity contribution in [3.63, 3.8) is 0 Å². The zero-order valence-electron chi connectivity index (χ0n) is 21.6. The number of anilines is 1. The van der Waals surface area contributed by atoms with E-state index in [1.807, 2.05) is 24.3 Å². The van der Waals surface area contributed by atoms with E-state index in [4.69, 9.17) is 0 Å². The van der Waals surface area contributed by atoms with Crippen molar-refractivity contribution in [2.45, 2.75) is 75.9 Å². The van der Waals surface area contributed by atoms with Crippen molar-refractivity contribution < 1.29 is 19.2 Å². The van der Waals surface area contributed by atoms with Gasteiger partial charge >= 0.3 is 0 Å². The number of nitrogens with one attached hydrogen (secondary N) is 3. The molecule has 2 aromatic carbocycles. The monoisotopic (exact) mass is 514 g/mol. The van der Waals surface area contributed by atoms with Gasteiger partial charge in [0.2, 0.25) is 17.7 Å². The molecule has 1 atom stereocenters. The second-order valence-electron chi connectivity index (χ2n) is 12.3. The van der Waals surface area contributed by atoms with Crippen molar-refractivity contribution in [2.75, 3.05) is 11.4 Å². The molecule has 4 amide bonds. The molecule has 4 bridgehead atoms. The van der Waals surface area contributed by atoms with Crippen molar-refractivity contribution in [3.8, 4) is 0 Å². The summed E-state index contributed by atoms with van der Waals surface area (Å²) in [6, 6.07) is 8.65. The van der Waals surface area contributed by atoms with Gasteiger partial charge in [0.25, 0.3) is 5.91 Å². The summed E-state index contributed by atoms with van der Waals surface area (Å²) in [5, 5.41) is 10.9. The second kappa shape index (κ2) is 8.90. The summed E-state index contributed by atoms with van der Waals surface area (Å²) in [6.45, 7) is 1.08. The Kier molecular flexibility index (Phi) is 5.58. The first-order chi connectivity index (χ1) is 18.4. The number of hydrogen-bond donors (Lipinski definition) is 3. The molecule has 1 unspecified atom stereocenters. The van der Waals surface area contributed by atoms with Crippen LogP contribution in [0.2, 0.25) is 0 Å². The van der Waals surface area contributed by atoms with Crippen LogP contribution in [-0.2, 0) is 20.9 Å². The van der Waals surface area contributed by atoms with E-state index in [0.29, 0.717) is 37.2 Å². The molecule has 5 fully saturated rings. The number of hydrogen-bond acceptors (Lipinski definition) is 5. The summed E-state index contributed by atoms with van der Waals surface area (Å²) in [6.07, 6.45) is 9.02. The molecule has 4 saturated carbocycles. The predicted molar refractivity (Wildman–Crippen MR) is 142 cm³/mol. The summed E-state index contributed by atoms with van der Waals surface area (Å²) in [7, 11) is 0. The fourth-order valence-electron chi connectivity index (χ4n) is 8.51. The Balaban J connectivity index is 1.02. The molecule has 2 heterocycles. The summed E-state index contributed by atoms with van der Waals surface area (Å²) >= 11 is 0. The van der Waals surface area contributed by atoms with Crippen LogP contribution in [0.15, 0.2) is 30.3 Å². The first-order valence-electron chi connectivity index (χ1n) is 14.1. The summed E-state index contributed by atoms with van der Waals surface area (Å²) < 4.78 is 0. The smallest absolute Gasteiger partial charge is 0.259 e. The minimum Gasteiger partial charge on any atom is -0.352 e. The molecule has 0 spiro atoms. The van der Waals surface area contributed by atoms with Crippen molar-refractivity contribution >= 4 is 40.1 Å². The highest BCUT2D eigenvalue weighted by Crippen LogP contribution is 2.55. The molecule has 8 nitrogen and oxygen atoms in total. The lowest BCUT2D eigenvalue weighted by atomic mass is 9.53. The highest BCUT2D eigenvalue weighted by Gasteiger charge is 2.50. The van der Waals surface area contributed by atoms with Gasteiger partial charge in [0, 0.05) is 42.4 Å². The summed E-state index contributed by atoms with van der Waals surface area (Å²) in [5.74, 6) is 1.69. The molecule has 6 aliphatic rings. The van der Waals surface area contributed by atoms with Crippen LogP contribution in [-0.4, -0.2) is 41.8 Å². The topological polar surface area (TPSA) is 108 Å². The maximum absolute atomic E-state index is 13.3. The number of nitrogens with zero attached hydrogens (tertiary/aromatic N) is 1. The van der Waals surface area contributed by atoms with E-state index in [2.05, 4.69) is 16.0 Å². The molecule has 0 radical (unpaired) electrons. The molecule has 38 heavy (non-hydrogen) atoms. The van der Waals surface area contributed by atoms with Gasteiger partial charge in [-0.1, -0.05) is 18.2 Å². The van der Waals surface area contributed by atoms with Gasteiger partial charge in [-0.25, -0.2) is 0 Å². The van der Waals surface area contributed by atoms with Gasteiger partial charge in [0.1, 0.15) is 6.04 Å². The number of piperidine rings is 1. The standard InChI is InChI=1S/C30H34N4O4/c35-25(8-9-32-30-13-17-10-18(14-30)12-19(11-17)15-30)31-16-20-4-5-23-27-21(20)2-1-3-22(27)29(38)34(23)24-6-7-26(36)33-28(24)37/h1-5,17-19,24,32H,6-16H2,(H,31,35)(H,33,36,37).